The molecule has 1 aromatic rings. The predicted octanol–water partition coefficient (Wildman–Crippen LogP) is 3.90. The van der Waals surface area contributed by atoms with Crippen LogP contribution in [0.2, 0.25) is 0 Å². The molecule has 4 saturated carbocycles. The van der Waals surface area contributed by atoms with Crippen LogP contribution in [0.3, 0.4) is 0 Å². The van der Waals surface area contributed by atoms with Gasteiger partial charge in [0, 0.05) is 18.3 Å². The maximum atomic E-state index is 13.1. The van der Waals surface area contributed by atoms with Crippen LogP contribution in [0, 0.1) is 17.8 Å². The lowest BCUT2D eigenvalue weighted by Gasteiger charge is -2.47. The molecule has 1 heterocycles. The van der Waals surface area contributed by atoms with E-state index in [1.807, 2.05) is 10.8 Å². The summed E-state index contributed by atoms with van der Waals surface area (Å²) in [6.45, 7) is 0. The monoisotopic (exact) mass is 437 g/mol. The first-order valence-corrected chi connectivity index (χ1v) is 11.0. The van der Waals surface area contributed by atoms with Gasteiger partial charge in [-0.15, -0.1) is 0 Å². The number of halogens is 1. The van der Waals surface area contributed by atoms with Gasteiger partial charge in [0.2, 0.25) is 0 Å². The van der Waals surface area contributed by atoms with Gasteiger partial charge < -0.3 is 14.6 Å². The lowest BCUT2D eigenvalue weighted by Crippen LogP contribution is -2.52. The van der Waals surface area contributed by atoms with Gasteiger partial charge in [0.25, 0.3) is 5.56 Å². The van der Waals surface area contributed by atoms with Crippen molar-refractivity contribution in [2.24, 2.45) is 17.8 Å². The Morgan fingerprint density at radius 3 is 2.48 bits per heavy atom. The summed E-state index contributed by atoms with van der Waals surface area (Å²) in [6, 6.07) is 0.171. The quantitative estimate of drug-likeness (QED) is 0.722. The van der Waals surface area contributed by atoms with E-state index in [9.17, 15) is 9.59 Å². The Morgan fingerprint density at radius 1 is 1.15 bits per heavy atom. The molecular weight excluding hydrogens is 410 g/mol. The Morgan fingerprint density at radius 2 is 1.81 bits per heavy atom. The number of ether oxygens (including phenoxy) is 1. The summed E-state index contributed by atoms with van der Waals surface area (Å²) in [5.41, 5.74) is -0.0739. The fraction of sp³-hybridized carbons (Fsp3) is 0.750. The average molecular weight is 438 g/mol. The number of fused-ring (bicyclic) bond motifs is 3. The van der Waals surface area contributed by atoms with Crippen LogP contribution in [0.25, 0.3) is 0 Å². The van der Waals surface area contributed by atoms with Crippen molar-refractivity contribution in [1.29, 1.82) is 0 Å². The Balaban J connectivity index is 1.64. The maximum Gasteiger partial charge on any atom is 0.311 e. The molecule has 1 N–H and O–H groups in total. The van der Waals surface area contributed by atoms with E-state index in [1.54, 1.807) is 0 Å². The van der Waals surface area contributed by atoms with E-state index in [-0.39, 0.29) is 29.5 Å². The van der Waals surface area contributed by atoms with Crippen LogP contribution in [0.1, 0.15) is 63.8 Å². The second-order valence-corrected chi connectivity index (χ2v) is 9.12. The molecule has 2 bridgehead atoms. The largest absolute Gasteiger partial charge is 0.469 e. The summed E-state index contributed by atoms with van der Waals surface area (Å²) in [7, 11) is 1.45. The van der Waals surface area contributed by atoms with Crippen molar-refractivity contribution in [1.82, 2.24) is 9.55 Å². The fourth-order valence-electron chi connectivity index (χ4n) is 5.49. The lowest BCUT2D eigenvalue weighted by atomic mass is 9.61. The maximum absolute atomic E-state index is 13.1. The number of esters is 1. The average Bonchev–Trinajstić information content (AvgIpc) is 2.71. The summed E-state index contributed by atoms with van der Waals surface area (Å²) in [5, 5.41) is 3.39. The minimum Gasteiger partial charge on any atom is -0.469 e. The van der Waals surface area contributed by atoms with Crippen molar-refractivity contribution in [3.8, 4) is 0 Å². The van der Waals surface area contributed by atoms with E-state index in [2.05, 4.69) is 26.2 Å². The fourth-order valence-corrected chi connectivity index (χ4v) is 5.89. The lowest BCUT2D eigenvalue weighted by molar-refractivity contribution is -0.152. The second kappa shape index (κ2) is 7.94. The van der Waals surface area contributed by atoms with Crippen LogP contribution in [-0.4, -0.2) is 28.7 Å². The minimum absolute atomic E-state index is 0.0701. The number of hydrogen-bond acceptors (Lipinski definition) is 5. The molecule has 4 fully saturated rings. The zero-order valence-corrected chi connectivity index (χ0v) is 17.4. The van der Waals surface area contributed by atoms with Gasteiger partial charge in [0.15, 0.2) is 5.82 Å². The summed E-state index contributed by atoms with van der Waals surface area (Å²) in [5.74, 6) is 0.742. The zero-order valence-electron chi connectivity index (χ0n) is 15.8. The van der Waals surface area contributed by atoms with Crippen molar-refractivity contribution in [2.45, 2.75) is 69.9 Å². The number of carbonyl (C=O) groups is 1. The van der Waals surface area contributed by atoms with Crippen LogP contribution in [-0.2, 0) is 9.53 Å². The Labute approximate surface area is 168 Å². The molecule has 0 unspecified atom stereocenters. The highest BCUT2D eigenvalue weighted by Gasteiger charge is 2.48. The van der Waals surface area contributed by atoms with E-state index in [1.165, 1.54) is 13.5 Å². The molecule has 7 heteroatoms. The molecule has 1 aromatic heterocycles. The van der Waals surface area contributed by atoms with Crippen molar-refractivity contribution in [2.75, 3.05) is 12.4 Å². The third-order valence-corrected chi connectivity index (χ3v) is 7.25. The number of hydrogen-bond donors (Lipinski definition) is 1. The summed E-state index contributed by atoms with van der Waals surface area (Å²) < 4.78 is 7.59. The Bertz CT molecular complexity index is 751. The van der Waals surface area contributed by atoms with Gasteiger partial charge in [-0.05, 0) is 66.3 Å². The zero-order chi connectivity index (χ0) is 19.0. The van der Waals surface area contributed by atoms with Crippen LogP contribution in [0.5, 0.6) is 0 Å². The van der Waals surface area contributed by atoms with Crippen LogP contribution >= 0.6 is 15.9 Å². The molecule has 0 aliphatic heterocycles. The number of nitrogens with one attached hydrogen (secondary N) is 1. The van der Waals surface area contributed by atoms with Crippen molar-refractivity contribution >= 4 is 27.7 Å². The van der Waals surface area contributed by atoms with E-state index >= 15 is 0 Å². The second-order valence-electron chi connectivity index (χ2n) is 8.31. The van der Waals surface area contributed by atoms with E-state index < -0.39 is 0 Å². The van der Waals surface area contributed by atoms with Gasteiger partial charge in [0.05, 0.1) is 13.0 Å². The molecule has 27 heavy (non-hydrogen) atoms. The van der Waals surface area contributed by atoms with Gasteiger partial charge in [-0.2, -0.15) is 0 Å². The van der Waals surface area contributed by atoms with Crippen molar-refractivity contribution in [3.05, 3.63) is 21.2 Å². The number of nitrogens with zero attached hydrogens (tertiary/aromatic N) is 2. The van der Waals surface area contributed by atoms with Gasteiger partial charge >= 0.3 is 5.97 Å². The van der Waals surface area contributed by atoms with Crippen molar-refractivity contribution < 1.29 is 9.53 Å². The number of aromatic nitrogens is 2. The number of anilines is 1. The van der Waals surface area contributed by atoms with Crippen molar-refractivity contribution in [3.63, 3.8) is 0 Å². The van der Waals surface area contributed by atoms with Gasteiger partial charge in [-0.3, -0.25) is 9.59 Å². The standard InChI is InChI=1S/C20H28BrN3O3/c1-27-20(26)16-12-7-9-13(10-8-12)17(16)23-18-19(25)24(11-15(21)22-18)14-5-3-2-4-6-14/h11-14,16-17H,2-10H2,1H3,(H,22,23)/t12?,13?,16-,17-/m0/s1. The summed E-state index contributed by atoms with van der Waals surface area (Å²) in [6.07, 6.45) is 11.8. The molecule has 4 aliphatic rings. The summed E-state index contributed by atoms with van der Waals surface area (Å²) in [4.78, 5) is 30.0. The minimum atomic E-state index is -0.189. The van der Waals surface area contributed by atoms with Crippen LogP contribution in [0.15, 0.2) is 15.6 Å². The Hall–Kier alpha value is -1.37. The molecule has 148 valence electrons. The number of rotatable bonds is 4. The number of carbonyl (C=O) groups excluding carboxylic acids is 1. The smallest absolute Gasteiger partial charge is 0.311 e. The molecule has 0 amide bonds. The molecular formula is C20H28BrN3O3. The molecule has 0 aromatic carbocycles. The molecule has 0 radical (unpaired) electrons. The molecule has 5 rings (SSSR count). The first-order chi connectivity index (χ1) is 13.1. The molecule has 0 spiro atoms. The third kappa shape index (κ3) is 3.67. The molecule has 4 aliphatic carbocycles. The van der Waals surface area contributed by atoms with E-state index in [0.717, 1.165) is 51.4 Å². The molecule has 6 nitrogen and oxygen atoms in total. The Kier molecular flexibility index (Phi) is 5.58. The van der Waals surface area contributed by atoms with Gasteiger partial charge in [-0.1, -0.05) is 19.3 Å². The summed E-state index contributed by atoms with van der Waals surface area (Å²) >= 11 is 3.47. The van der Waals surface area contributed by atoms with E-state index in [0.29, 0.717) is 22.3 Å². The van der Waals surface area contributed by atoms with Gasteiger partial charge in [-0.25, -0.2) is 4.98 Å². The highest BCUT2D eigenvalue weighted by atomic mass is 79.9. The SMILES string of the molecule is COC(=O)[C@H]1C2CCC(CC2)[C@@H]1Nc1nc(Br)cn(C2CCCCC2)c1=O. The predicted molar refractivity (Wildman–Crippen MR) is 107 cm³/mol. The first-order valence-electron chi connectivity index (χ1n) is 10.2. The molecule has 0 saturated heterocycles. The van der Waals surface area contributed by atoms with Gasteiger partial charge in [0.1, 0.15) is 4.60 Å². The van der Waals surface area contributed by atoms with Crippen LogP contribution in [0.4, 0.5) is 5.82 Å². The first kappa shape index (κ1) is 19.0. The normalized spacial score (nSPS) is 30.9. The highest BCUT2D eigenvalue weighted by Crippen LogP contribution is 2.46. The van der Waals surface area contributed by atoms with E-state index in [4.69, 9.17) is 4.74 Å². The third-order valence-electron chi connectivity index (χ3n) is 6.87. The highest BCUT2D eigenvalue weighted by molar-refractivity contribution is 9.10. The van der Waals surface area contributed by atoms with Crippen LogP contribution < -0.4 is 10.9 Å². The number of methoxy groups -OCH3 is 1. The molecule has 2 atom stereocenters. The topological polar surface area (TPSA) is 73.2 Å².